The summed E-state index contributed by atoms with van der Waals surface area (Å²) in [5.74, 6) is 0.0894. The van der Waals surface area contributed by atoms with Gasteiger partial charge in [0.25, 0.3) is 0 Å². The minimum absolute atomic E-state index is 0.0894. The highest BCUT2D eigenvalue weighted by atomic mass is 32.2. The van der Waals surface area contributed by atoms with Crippen molar-refractivity contribution in [3.63, 3.8) is 0 Å². The fourth-order valence-corrected chi connectivity index (χ4v) is 2.91. The third-order valence-corrected chi connectivity index (χ3v) is 4.48. The Labute approximate surface area is 109 Å². The molecule has 6 nitrogen and oxygen atoms in total. The van der Waals surface area contributed by atoms with Gasteiger partial charge in [-0.25, -0.2) is 13.2 Å². The zero-order valence-corrected chi connectivity index (χ0v) is 12.2. The molecule has 1 amide bonds. The fraction of sp³-hybridized carbons (Fsp3) is 0.909. The van der Waals surface area contributed by atoms with E-state index in [0.717, 1.165) is 0 Å². The van der Waals surface area contributed by atoms with Crippen molar-refractivity contribution in [2.75, 3.05) is 18.8 Å². The molecule has 1 fully saturated rings. The molecule has 1 heterocycles. The molecule has 106 valence electrons. The lowest BCUT2D eigenvalue weighted by molar-refractivity contribution is 0.0507. The minimum atomic E-state index is -3.16. The van der Waals surface area contributed by atoms with Crippen molar-refractivity contribution in [1.29, 1.82) is 0 Å². The molecular formula is C11H22N2O4S. The highest BCUT2D eigenvalue weighted by Gasteiger charge is 2.31. The van der Waals surface area contributed by atoms with Gasteiger partial charge in [-0.2, -0.15) is 4.31 Å². The van der Waals surface area contributed by atoms with Gasteiger partial charge in [0.05, 0.1) is 5.75 Å². The second-order valence-electron chi connectivity index (χ2n) is 5.39. The average Bonchev–Trinajstić information content (AvgIpc) is 2.63. The number of rotatable bonds is 3. The number of alkyl carbamates (subject to hydrolysis) is 1. The van der Waals surface area contributed by atoms with E-state index in [1.807, 2.05) is 0 Å². The van der Waals surface area contributed by atoms with Crippen LogP contribution in [0.1, 0.15) is 34.1 Å². The second kappa shape index (κ2) is 5.44. The quantitative estimate of drug-likeness (QED) is 0.833. The summed E-state index contributed by atoms with van der Waals surface area (Å²) >= 11 is 0. The molecule has 1 aliphatic rings. The lowest BCUT2D eigenvalue weighted by atomic mass is 10.2. The van der Waals surface area contributed by atoms with E-state index < -0.39 is 21.7 Å². The number of nitrogens with one attached hydrogen (secondary N) is 1. The van der Waals surface area contributed by atoms with Crippen molar-refractivity contribution < 1.29 is 17.9 Å². The van der Waals surface area contributed by atoms with Crippen molar-refractivity contribution in [3.8, 4) is 0 Å². The van der Waals surface area contributed by atoms with Gasteiger partial charge in [-0.3, -0.25) is 0 Å². The summed E-state index contributed by atoms with van der Waals surface area (Å²) in [6, 6.07) is -0.166. The van der Waals surface area contributed by atoms with E-state index in [2.05, 4.69) is 5.32 Å². The van der Waals surface area contributed by atoms with Crippen LogP contribution in [0.4, 0.5) is 4.79 Å². The van der Waals surface area contributed by atoms with Crippen molar-refractivity contribution in [3.05, 3.63) is 0 Å². The smallest absolute Gasteiger partial charge is 0.407 e. The third-order valence-electron chi connectivity index (χ3n) is 2.63. The Kier molecular flexibility index (Phi) is 4.61. The monoisotopic (exact) mass is 278 g/mol. The van der Waals surface area contributed by atoms with Gasteiger partial charge in [0.15, 0.2) is 0 Å². The molecule has 1 N–H and O–H groups in total. The van der Waals surface area contributed by atoms with Crippen LogP contribution in [0, 0.1) is 0 Å². The van der Waals surface area contributed by atoms with E-state index in [1.165, 1.54) is 4.31 Å². The zero-order valence-electron chi connectivity index (χ0n) is 11.4. The van der Waals surface area contributed by atoms with E-state index in [9.17, 15) is 13.2 Å². The van der Waals surface area contributed by atoms with Gasteiger partial charge in [0, 0.05) is 19.1 Å². The first kappa shape index (κ1) is 15.2. The molecule has 0 radical (unpaired) electrons. The summed E-state index contributed by atoms with van der Waals surface area (Å²) in [5, 5.41) is 2.69. The standard InChI is InChI=1S/C11H22N2O4S/c1-5-18(15,16)13-7-6-9(8-13)12-10(14)17-11(2,3)4/h9H,5-8H2,1-4H3,(H,12,14). The first-order chi connectivity index (χ1) is 8.14. The summed E-state index contributed by atoms with van der Waals surface area (Å²) in [5.41, 5.74) is -0.544. The maximum atomic E-state index is 11.6. The number of ether oxygens (including phenoxy) is 1. The summed E-state index contributed by atoms with van der Waals surface area (Å²) in [6.45, 7) is 7.76. The number of hydrogen-bond acceptors (Lipinski definition) is 4. The first-order valence-corrected chi connectivity index (χ1v) is 7.72. The Hall–Kier alpha value is -0.820. The normalized spacial score (nSPS) is 21.9. The molecule has 0 aliphatic carbocycles. The number of nitrogens with zero attached hydrogens (tertiary/aromatic N) is 1. The molecule has 7 heteroatoms. The first-order valence-electron chi connectivity index (χ1n) is 6.11. The average molecular weight is 278 g/mol. The van der Waals surface area contributed by atoms with Gasteiger partial charge in [-0.1, -0.05) is 0 Å². The second-order valence-corrected chi connectivity index (χ2v) is 7.65. The molecule has 0 saturated carbocycles. The predicted octanol–water partition coefficient (Wildman–Crippen LogP) is 0.935. The number of carbonyl (C=O) groups excluding carboxylic acids is 1. The van der Waals surface area contributed by atoms with Crippen molar-refractivity contribution >= 4 is 16.1 Å². The highest BCUT2D eigenvalue weighted by molar-refractivity contribution is 7.89. The van der Waals surface area contributed by atoms with Crippen LogP contribution >= 0.6 is 0 Å². The Balaban J connectivity index is 2.47. The molecule has 0 bridgehead atoms. The van der Waals surface area contributed by atoms with E-state index in [0.29, 0.717) is 19.5 Å². The van der Waals surface area contributed by atoms with Crippen molar-refractivity contribution in [2.45, 2.75) is 45.8 Å². The van der Waals surface area contributed by atoms with Crippen LogP contribution in [0.2, 0.25) is 0 Å². The molecule has 1 atom stereocenters. The van der Waals surface area contributed by atoms with Crippen LogP contribution in [0.5, 0.6) is 0 Å². The van der Waals surface area contributed by atoms with E-state index in [-0.39, 0.29) is 11.8 Å². The van der Waals surface area contributed by atoms with Crippen LogP contribution in [-0.4, -0.2) is 49.3 Å². The summed E-state index contributed by atoms with van der Waals surface area (Å²) in [7, 11) is -3.16. The molecule has 1 rings (SSSR count). The van der Waals surface area contributed by atoms with E-state index in [1.54, 1.807) is 27.7 Å². The topological polar surface area (TPSA) is 75.7 Å². The molecule has 1 aliphatic heterocycles. The van der Waals surface area contributed by atoms with Crippen molar-refractivity contribution in [1.82, 2.24) is 9.62 Å². The molecule has 0 spiro atoms. The Morgan fingerprint density at radius 2 is 2.06 bits per heavy atom. The lowest BCUT2D eigenvalue weighted by Gasteiger charge is -2.21. The number of amides is 1. The number of sulfonamides is 1. The lowest BCUT2D eigenvalue weighted by Crippen LogP contribution is -2.41. The van der Waals surface area contributed by atoms with Gasteiger partial charge >= 0.3 is 6.09 Å². The Bertz CT molecular complexity index is 400. The maximum Gasteiger partial charge on any atom is 0.407 e. The molecule has 1 saturated heterocycles. The van der Waals surface area contributed by atoms with Gasteiger partial charge in [-0.05, 0) is 34.1 Å². The number of carbonyl (C=O) groups is 1. The molecular weight excluding hydrogens is 256 g/mol. The van der Waals surface area contributed by atoms with E-state index >= 15 is 0 Å². The summed E-state index contributed by atoms with van der Waals surface area (Å²) < 4.78 is 29.8. The molecule has 1 unspecified atom stereocenters. The van der Waals surface area contributed by atoms with Crippen LogP contribution in [0.25, 0.3) is 0 Å². The SMILES string of the molecule is CCS(=O)(=O)N1CCC(NC(=O)OC(C)(C)C)C1. The van der Waals surface area contributed by atoms with Crippen LogP contribution in [0.3, 0.4) is 0 Å². The number of hydrogen-bond donors (Lipinski definition) is 1. The van der Waals surface area contributed by atoms with Crippen molar-refractivity contribution in [2.24, 2.45) is 0 Å². The van der Waals surface area contributed by atoms with Gasteiger partial charge in [-0.15, -0.1) is 0 Å². The van der Waals surface area contributed by atoms with Gasteiger partial charge < -0.3 is 10.1 Å². The van der Waals surface area contributed by atoms with Gasteiger partial charge in [0.1, 0.15) is 5.60 Å². The van der Waals surface area contributed by atoms with E-state index in [4.69, 9.17) is 4.74 Å². The molecule has 18 heavy (non-hydrogen) atoms. The minimum Gasteiger partial charge on any atom is -0.444 e. The third kappa shape index (κ3) is 4.45. The zero-order chi connectivity index (χ0) is 14.0. The molecule has 0 aromatic heterocycles. The van der Waals surface area contributed by atoms with Crippen LogP contribution in [0.15, 0.2) is 0 Å². The fourth-order valence-electron chi connectivity index (χ4n) is 1.76. The summed E-state index contributed by atoms with van der Waals surface area (Å²) in [4.78, 5) is 11.5. The van der Waals surface area contributed by atoms with Crippen LogP contribution in [-0.2, 0) is 14.8 Å². The molecule has 0 aromatic rings. The largest absolute Gasteiger partial charge is 0.444 e. The Morgan fingerprint density at radius 1 is 1.44 bits per heavy atom. The maximum absolute atomic E-state index is 11.6. The van der Waals surface area contributed by atoms with Gasteiger partial charge in [0.2, 0.25) is 10.0 Å². The van der Waals surface area contributed by atoms with Crippen LogP contribution < -0.4 is 5.32 Å². The predicted molar refractivity (Wildman–Crippen MR) is 68.8 cm³/mol. The molecule has 0 aromatic carbocycles. The highest BCUT2D eigenvalue weighted by Crippen LogP contribution is 2.15. The Morgan fingerprint density at radius 3 is 2.56 bits per heavy atom. The summed E-state index contributed by atoms with van der Waals surface area (Å²) in [6.07, 6.45) is 0.126.